The summed E-state index contributed by atoms with van der Waals surface area (Å²) < 4.78 is 0. The predicted octanol–water partition coefficient (Wildman–Crippen LogP) is 14.1. The number of fused-ring (bicyclic) bond motifs is 10. The fraction of sp³-hybridized carbons (Fsp3) is 0.0877. The van der Waals surface area contributed by atoms with E-state index in [1.54, 1.807) is 0 Å². The Hall–Kier alpha value is -6.96. The van der Waals surface area contributed by atoms with Gasteiger partial charge in [-0.3, -0.25) is 0 Å². The maximum Gasteiger partial charge on any atom is 0.0742 e. The van der Waals surface area contributed by atoms with Gasteiger partial charge in [-0.2, -0.15) is 0 Å². The molecule has 1 heterocycles. The first kappa shape index (κ1) is 34.3. The summed E-state index contributed by atoms with van der Waals surface area (Å²) in [5.74, 6) is 0.485. The minimum absolute atomic E-state index is 0.306. The fourth-order valence-corrected chi connectivity index (χ4v) is 11.0. The van der Waals surface area contributed by atoms with Gasteiger partial charge in [-0.25, -0.2) is 0 Å². The van der Waals surface area contributed by atoms with Crippen molar-refractivity contribution in [3.63, 3.8) is 0 Å². The number of allylic oxidation sites excluding steroid dienone is 7. The number of hydrogen-bond acceptors (Lipinski definition) is 1. The Morgan fingerprint density at radius 2 is 1.10 bits per heavy atom. The molecule has 0 amide bonds. The van der Waals surface area contributed by atoms with Crippen molar-refractivity contribution in [2.24, 2.45) is 5.92 Å². The molecule has 1 heteroatoms. The molecule has 7 aromatic rings. The van der Waals surface area contributed by atoms with Gasteiger partial charge in [-0.15, -0.1) is 0 Å². The highest BCUT2D eigenvalue weighted by Gasteiger charge is 2.53. The van der Waals surface area contributed by atoms with Crippen LogP contribution in [-0.4, -0.2) is 0 Å². The van der Waals surface area contributed by atoms with Gasteiger partial charge < -0.3 is 4.90 Å². The third-order valence-electron chi connectivity index (χ3n) is 13.3. The van der Waals surface area contributed by atoms with Crippen LogP contribution in [0.25, 0.3) is 27.8 Å². The molecule has 11 rings (SSSR count). The van der Waals surface area contributed by atoms with Crippen LogP contribution in [0.1, 0.15) is 52.3 Å². The lowest BCUT2D eigenvalue weighted by Crippen LogP contribution is -2.39. The zero-order valence-electron chi connectivity index (χ0n) is 32.7. The van der Waals surface area contributed by atoms with E-state index in [4.69, 9.17) is 0 Å². The van der Waals surface area contributed by atoms with E-state index >= 15 is 0 Å². The zero-order valence-corrected chi connectivity index (χ0v) is 32.7. The maximum absolute atomic E-state index is 4.46. The van der Waals surface area contributed by atoms with Crippen LogP contribution in [0.5, 0.6) is 0 Å². The molecule has 3 aliphatic carbocycles. The van der Waals surface area contributed by atoms with Crippen LogP contribution >= 0.6 is 0 Å². The van der Waals surface area contributed by atoms with Crippen LogP contribution in [0.4, 0.5) is 11.4 Å². The Morgan fingerprint density at radius 3 is 1.72 bits per heavy atom. The number of hydrogen-bond donors (Lipinski definition) is 0. The molecule has 0 bridgehead atoms. The van der Waals surface area contributed by atoms with E-state index in [-0.39, 0.29) is 5.41 Å². The molecule has 1 nitrogen and oxygen atoms in total. The van der Waals surface area contributed by atoms with E-state index in [0.29, 0.717) is 5.92 Å². The van der Waals surface area contributed by atoms with Gasteiger partial charge in [0.1, 0.15) is 0 Å². The first-order valence-corrected chi connectivity index (χ1v) is 20.5. The Bertz CT molecular complexity index is 2820. The first-order chi connectivity index (χ1) is 28.6. The highest BCUT2D eigenvalue weighted by atomic mass is 15.2. The quantitative estimate of drug-likeness (QED) is 0.164. The molecular formula is C57H43N. The third-order valence-corrected chi connectivity index (χ3v) is 13.3. The molecule has 0 fully saturated rings. The molecule has 4 aliphatic rings. The molecule has 7 aromatic carbocycles. The molecule has 0 aromatic heterocycles. The monoisotopic (exact) mass is 741 g/mol. The normalized spacial score (nSPS) is 17.7. The Morgan fingerprint density at radius 1 is 0.534 bits per heavy atom. The Labute approximate surface area is 342 Å². The van der Waals surface area contributed by atoms with Gasteiger partial charge >= 0.3 is 0 Å². The number of nitrogens with zero attached hydrogens (tertiary/aromatic N) is 1. The van der Waals surface area contributed by atoms with Gasteiger partial charge in [-0.1, -0.05) is 190 Å². The molecule has 1 unspecified atom stereocenters. The van der Waals surface area contributed by atoms with Crippen molar-refractivity contribution in [3.8, 4) is 22.3 Å². The lowest BCUT2D eigenvalue weighted by molar-refractivity contribution is 0.630. The van der Waals surface area contributed by atoms with E-state index in [0.717, 1.165) is 29.1 Å². The first-order valence-electron chi connectivity index (χ1n) is 20.5. The SMILES string of the molecule is C=CC1=C(C=C)C(c2ccccc2)(c2ccccc2)c2ccccc2N1c1ccc(-c2ccc3c(c2)C2(C4=C3C=CC(C)C4)c3ccccc3-c3ccccc32)cc1. The maximum atomic E-state index is 4.46. The molecular weight excluding hydrogens is 699 g/mol. The second-order valence-corrected chi connectivity index (χ2v) is 16.1. The van der Waals surface area contributed by atoms with Crippen LogP contribution in [0, 0.1) is 5.92 Å². The fourth-order valence-electron chi connectivity index (χ4n) is 11.0. The molecule has 0 N–H and O–H groups in total. The average Bonchev–Trinajstić information content (AvgIpc) is 3.75. The summed E-state index contributed by atoms with van der Waals surface area (Å²) >= 11 is 0. The van der Waals surface area contributed by atoms with Crippen LogP contribution in [0.3, 0.4) is 0 Å². The number of para-hydroxylation sites is 1. The van der Waals surface area contributed by atoms with Crippen molar-refractivity contribution >= 4 is 16.9 Å². The lowest BCUT2D eigenvalue weighted by Gasteiger charge is -2.46. The Kier molecular flexibility index (Phi) is 7.72. The van der Waals surface area contributed by atoms with Crippen LogP contribution in [0.2, 0.25) is 0 Å². The summed E-state index contributed by atoms with van der Waals surface area (Å²) in [7, 11) is 0. The second-order valence-electron chi connectivity index (χ2n) is 16.1. The van der Waals surface area contributed by atoms with Crippen molar-refractivity contribution in [3.05, 3.63) is 269 Å². The topological polar surface area (TPSA) is 3.24 Å². The van der Waals surface area contributed by atoms with Gasteiger partial charge in [0.15, 0.2) is 0 Å². The van der Waals surface area contributed by atoms with Crippen molar-refractivity contribution in [2.75, 3.05) is 4.90 Å². The van der Waals surface area contributed by atoms with Crippen molar-refractivity contribution in [1.29, 1.82) is 0 Å². The zero-order chi connectivity index (χ0) is 39.0. The standard InChI is InChI=1S/C57H43N/c1-4-48-54(5-2)58(55-27-17-16-26-51(55)56(48,41-18-8-6-9-19-41)42-20-10-7-11-21-42)43-32-29-39(30-33-43)40-31-35-47-46-34-28-38(3)36-52(46)57(53(47)37-40)49-24-14-12-22-44(49)45-23-13-15-25-50(45)57/h4-35,37-38H,1-2,36H2,3H3. The third kappa shape index (κ3) is 4.53. The number of rotatable bonds is 6. The predicted molar refractivity (Wildman–Crippen MR) is 242 cm³/mol. The summed E-state index contributed by atoms with van der Waals surface area (Å²) in [6.07, 6.45) is 9.89. The van der Waals surface area contributed by atoms with E-state index in [1.807, 2.05) is 12.2 Å². The number of benzene rings is 7. The summed E-state index contributed by atoms with van der Waals surface area (Å²) in [6, 6.07) is 65.0. The van der Waals surface area contributed by atoms with Crippen LogP contribution in [-0.2, 0) is 10.8 Å². The highest BCUT2D eigenvalue weighted by Crippen LogP contribution is 2.64. The van der Waals surface area contributed by atoms with Crippen molar-refractivity contribution in [1.82, 2.24) is 0 Å². The van der Waals surface area contributed by atoms with Gasteiger partial charge in [0.05, 0.1) is 22.2 Å². The summed E-state index contributed by atoms with van der Waals surface area (Å²) in [6.45, 7) is 11.2. The molecule has 276 valence electrons. The van der Waals surface area contributed by atoms with E-state index in [1.165, 1.54) is 72.3 Å². The summed E-state index contributed by atoms with van der Waals surface area (Å²) in [5.41, 5.74) is 20.6. The van der Waals surface area contributed by atoms with Gasteiger partial charge in [0.2, 0.25) is 0 Å². The second kappa shape index (κ2) is 13.0. The van der Waals surface area contributed by atoms with E-state index < -0.39 is 5.41 Å². The molecule has 0 saturated carbocycles. The highest BCUT2D eigenvalue weighted by molar-refractivity contribution is 5.98. The smallest absolute Gasteiger partial charge is 0.0742 e. The van der Waals surface area contributed by atoms with Gasteiger partial charge in [-0.05, 0) is 121 Å². The minimum atomic E-state index is -0.584. The van der Waals surface area contributed by atoms with Crippen LogP contribution in [0.15, 0.2) is 230 Å². The molecule has 58 heavy (non-hydrogen) atoms. The lowest BCUT2D eigenvalue weighted by atomic mass is 9.62. The van der Waals surface area contributed by atoms with Crippen molar-refractivity contribution in [2.45, 2.75) is 24.2 Å². The number of anilines is 2. The van der Waals surface area contributed by atoms with E-state index in [2.05, 4.69) is 213 Å². The minimum Gasteiger partial charge on any atom is -0.310 e. The van der Waals surface area contributed by atoms with Gasteiger partial charge in [0.25, 0.3) is 0 Å². The Balaban J connectivity index is 1.07. The molecule has 0 radical (unpaired) electrons. The van der Waals surface area contributed by atoms with Gasteiger partial charge in [0, 0.05) is 5.69 Å². The average molecular weight is 742 g/mol. The molecule has 1 aliphatic heterocycles. The van der Waals surface area contributed by atoms with E-state index in [9.17, 15) is 0 Å². The summed E-state index contributed by atoms with van der Waals surface area (Å²) in [5, 5.41) is 0. The molecule has 1 atom stereocenters. The van der Waals surface area contributed by atoms with Crippen LogP contribution < -0.4 is 4.90 Å². The largest absolute Gasteiger partial charge is 0.310 e. The molecule has 1 spiro atoms. The summed E-state index contributed by atoms with van der Waals surface area (Å²) in [4.78, 5) is 2.36. The molecule has 0 saturated heterocycles. The van der Waals surface area contributed by atoms with Crippen molar-refractivity contribution < 1.29 is 0 Å².